The van der Waals surface area contributed by atoms with Crippen molar-refractivity contribution >= 4 is 11.6 Å². The molecule has 0 aliphatic carbocycles. The van der Waals surface area contributed by atoms with Crippen LogP contribution < -0.4 is 10.2 Å². The molecular formula is C16H24N2O. The van der Waals surface area contributed by atoms with Crippen LogP contribution in [0.2, 0.25) is 0 Å². The zero-order valence-corrected chi connectivity index (χ0v) is 12.2. The van der Waals surface area contributed by atoms with Gasteiger partial charge in [0.05, 0.1) is 0 Å². The molecule has 0 aromatic heterocycles. The van der Waals surface area contributed by atoms with Gasteiger partial charge in [0, 0.05) is 24.7 Å². The lowest BCUT2D eigenvalue weighted by Crippen LogP contribution is -2.40. The Balaban J connectivity index is 2.17. The summed E-state index contributed by atoms with van der Waals surface area (Å²) >= 11 is 0. The van der Waals surface area contributed by atoms with Gasteiger partial charge in [-0.1, -0.05) is 25.1 Å². The van der Waals surface area contributed by atoms with Crippen LogP contribution in [-0.2, 0) is 11.2 Å². The smallest absolute Gasteiger partial charge is 0.228 e. The maximum atomic E-state index is 12.5. The Bertz CT molecular complexity index is 456. The Morgan fingerprint density at radius 2 is 2.26 bits per heavy atom. The molecule has 2 rings (SSSR count). The molecule has 0 saturated heterocycles. The molecule has 1 aromatic carbocycles. The van der Waals surface area contributed by atoms with E-state index >= 15 is 0 Å². The molecule has 1 N–H and O–H groups in total. The summed E-state index contributed by atoms with van der Waals surface area (Å²) in [6.07, 6.45) is 2.73. The molecule has 3 nitrogen and oxygen atoms in total. The van der Waals surface area contributed by atoms with Gasteiger partial charge in [-0.2, -0.15) is 0 Å². The summed E-state index contributed by atoms with van der Waals surface area (Å²) in [6, 6.07) is 6.57. The summed E-state index contributed by atoms with van der Waals surface area (Å²) in [5, 5.41) is 3.31. The van der Waals surface area contributed by atoms with E-state index in [1.54, 1.807) is 0 Å². The lowest BCUT2D eigenvalue weighted by Gasteiger charge is -2.32. The standard InChI is InChI=1S/C16H24N2O/c1-4-17-13(3)11-15(19)18-10-6-9-14-8-5-7-12(2)16(14)18/h5,7-8,13,17H,4,6,9-11H2,1-3H3. The van der Waals surface area contributed by atoms with Gasteiger partial charge in [-0.05, 0) is 44.4 Å². The van der Waals surface area contributed by atoms with Crippen molar-refractivity contribution in [3.05, 3.63) is 29.3 Å². The first-order chi connectivity index (χ1) is 9.13. The highest BCUT2D eigenvalue weighted by Crippen LogP contribution is 2.30. The van der Waals surface area contributed by atoms with Crippen LogP contribution >= 0.6 is 0 Å². The van der Waals surface area contributed by atoms with Crippen LogP contribution in [-0.4, -0.2) is 25.0 Å². The van der Waals surface area contributed by atoms with Crippen molar-refractivity contribution < 1.29 is 4.79 Å². The van der Waals surface area contributed by atoms with Crippen molar-refractivity contribution in [3.8, 4) is 0 Å². The third kappa shape index (κ3) is 3.16. The van der Waals surface area contributed by atoms with Crippen LogP contribution in [0, 0.1) is 6.92 Å². The minimum atomic E-state index is 0.240. The zero-order valence-electron chi connectivity index (χ0n) is 12.2. The highest BCUT2D eigenvalue weighted by atomic mass is 16.2. The predicted octanol–water partition coefficient (Wildman–Crippen LogP) is 2.66. The zero-order chi connectivity index (χ0) is 13.8. The van der Waals surface area contributed by atoms with Crippen LogP contribution in [0.15, 0.2) is 18.2 Å². The Kier molecular flexibility index (Phi) is 4.59. The Labute approximate surface area is 116 Å². The number of para-hydroxylation sites is 1. The average molecular weight is 260 g/mol. The second-order valence-corrected chi connectivity index (χ2v) is 5.39. The Morgan fingerprint density at radius 1 is 1.47 bits per heavy atom. The van der Waals surface area contributed by atoms with E-state index in [0.29, 0.717) is 6.42 Å². The number of anilines is 1. The Morgan fingerprint density at radius 3 is 3.00 bits per heavy atom. The van der Waals surface area contributed by atoms with Crippen molar-refractivity contribution in [3.63, 3.8) is 0 Å². The number of aryl methyl sites for hydroxylation is 2. The second kappa shape index (κ2) is 6.20. The maximum absolute atomic E-state index is 12.5. The van der Waals surface area contributed by atoms with Crippen LogP contribution in [0.4, 0.5) is 5.69 Å². The number of nitrogens with zero attached hydrogens (tertiary/aromatic N) is 1. The maximum Gasteiger partial charge on any atom is 0.228 e. The van der Waals surface area contributed by atoms with Crippen molar-refractivity contribution in [1.82, 2.24) is 5.32 Å². The normalized spacial score (nSPS) is 16.1. The van der Waals surface area contributed by atoms with Gasteiger partial charge in [0.15, 0.2) is 0 Å². The highest BCUT2D eigenvalue weighted by Gasteiger charge is 2.24. The molecule has 0 bridgehead atoms. The summed E-state index contributed by atoms with van der Waals surface area (Å²) in [5.41, 5.74) is 3.68. The number of hydrogen-bond donors (Lipinski definition) is 1. The van der Waals surface area contributed by atoms with E-state index < -0.39 is 0 Å². The Hall–Kier alpha value is -1.35. The van der Waals surface area contributed by atoms with Gasteiger partial charge < -0.3 is 10.2 Å². The first kappa shape index (κ1) is 14.1. The number of benzene rings is 1. The van der Waals surface area contributed by atoms with Crippen LogP contribution in [0.5, 0.6) is 0 Å². The molecule has 1 amide bonds. The van der Waals surface area contributed by atoms with Crippen molar-refractivity contribution in [2.75, 3.05) is 18.0 Å². The highest BCUT2D eigenvalue weighted by molar-refractivity contribution is 5.95. The molecule has 0 spiro atoms. The molecular weight excluding hydrogens is 236 g/mol. The summed E-state index contributed by atoms with van der Waals surface area (Å²) in [4.78, 5) is 14.5. The fourth-order valence-corrected chi connectivity index (χ4v) is 2.89. The predicted molar refractivity (Wildman–Crippen MR) is 79.6 cm³/mol. The van der Waals surface area contributed by atoms with E-state index in [1.807, 2.05) is 4.90 Å². The van der Waals surface area contributed by atoms with E-state index in [0.717, 1.165) is 31.6 Å². The van der Waals surface area contributed by atoms with Crippen LogP contribution in [0.3, 0.4) is 0 Å². The van der Waals surface area contributed by atoms with E-state index in [4.69, 9.17) is 0 Å². The summed E-state index contributed by atoms with van der Waals surface area (Å²) in [5.74, 6) is 0.240. The van der Waals surface area contributed by atoms with E-state index in [9.17, 15) is 4.79 Å². The SMILES string of the molecule is CCNC(C)CC(=O)N1CCCc2cccc(C)c21. The minimum absolute atomic E-state index is 0.240. The van der Waals surface area contributed by atoms with E-state index in [1.165, 1.54) is 11.1 Å². The second-order valence-electron chi connectivity index (χ2n) is 5.39. The number of nitrogens with one attached hydrogen (secondary N) is 1. The summed E-state index contributed by atoms with van der Waals surface area (Å²) in [6.45, 7) is 8.00. The fourth-order valence-electron chi connectivity index (χ4n) is 2.89. The number of amides is 1. The number of rotatable bonds is 4. The molecule has 1 aliphatic heterocycles. The lowest BCUT2D eigenvalue weighted by atomic mass is 9.97. The number of fused-ring (bicyclic) bond motifs is 1. The van der Waals surface area contributed by atoms with Crippen molar-refractivity contribution in [2.24, 2.45) is 0 Å². The van der Waals surface area contributed by atoms with Gasteiger partial charge in [0.2, 0.25) is 5.91 Å². The molecule has 104 valence electrons. The number of carbonyl (C=O) groups is 1. The first-order valence-corrected chi connectivity index (χ1v) is 7.25. The quantitative estimate of drug-likeness (QED) is 0.902. The molecule has 1 atom stereocenters. The van der Waals surface area contributed by atoms with E-state index in [2.05, 4.69) is 44.3 Å². The van der Waals surface area contributed by atoms with Crippen molar-refractivity contribution in [1.29, 1.82) is 0 Å². The third-order valence-corrected chi connectivity index (χ3v) is 3.75. The number of hydrogen-bond acceptors (Lipinski definition) is 2. The largest absolute Gasteiger partial charge is 0.314 e. The van der Waals surface area contributed by atoms with E-state index in [-0.39, 0.29) is 11.9 Å². The van der Waals surface area contributed by atoms with Gasteiger partial charge in [-0.3, -0.25) is 4.79 Å². The summed E-state index contributed by atoms with van der Waals surface area (Å²) in [7, 11) is 0. The van der Waals surface area contributed by atoms with Gasteiger partial charge in [-0.15, -0.1) is 0 Å². The van der Waals surface area contributed by atoms with Gasteiger partial charge >= 0.3 is 0 Å². The molecule has 0 fully saturated rings. The molecule has 0 saturated carbocycles. The molecule has 1 aromatic rings. The monoisotopic (exact) mass is 260 g/mol. The molecule has 1 unspecified atom stereocenters. The first-order valence-electron chi connectivity index (χ1n) is 7.25. The fraction of sp³-hybridized carbons (Fsp3) is 0.562. The average Bonchev–Trinajstić information content (AvgIpc) is 2.38. The topological polar surface area (TPSA) is 32.3 Å². The van der Waals surface area contributed by atoms with Crippen LogP contribution in [0.1, 0.15) is 37.8 Å². The number of carbonyl (C=O) groups excluding carboxylic acids is 1. The van der Waals surface area contributed by atoms with Crippen molar-refractivity contribution in [2.45, 2.75) is 46.1 Å². The molecule has 1 heterocycles. The summed E-state index contributed by atoms with van der Waals surface area (Å²) < 4.78 is 0. The minimum Gasteiger partial charge on any atom is -0.314 e. The molecule has 1 aliphatic rings. The molecule has 3 heteroatoms. The van der Waals surface area contributed by atoms with Gasteiger partial charge in [0.25, 0.3) is 0 Å². The van der Waals surface area contributed by atoms with Gasteiger partial charge in [-0.25, -0.2) is 0 Å². The third-order valence-electron chi connectivity index (χ3n) is 3.75. The molecule has 0 radical (unpaired) electrons. The van der Waals surface area contributed by atoms with Gasteiger partial charge in [0.1, 0.15) is 0 Å². The molecule has 19 heavy (non-hydrogen) atoms. The lowest BCUT2D eigenvalue weighted by molar-refractivity contribution is -0.119. The van der Waals surface area contributed by atoms with Crippen LogP contribution in [0.25, 0.3) is 0 Å².